The Morgan fingerprint density at radius 1 is 1.14 bits per heavy atom. The van der Waals surface area contributed by atoms with E-state index >= 15 is 0 Å². The largest absolute Gasteiger partial charge is 0.333 e. The minimum absolute atomic E-state index is 0.269. The zero-order valence-electron chi connectivity index (χ0n) is 16.7. The molecule has 156 valence electrons. The fourth-order valence-corrected chi connectivity index (χ4v) is 4.87. The zero-order valence-corrected chi connectivity index (χ0v) is 17.5. The number of carbonyl (C=O) groups is 1. The van der Waals surface area contributed by atoms with Gasteiger partial charge in [0.05, 0.1) is 12.7 Å². The summed E-state index contributed by atoms with van der Waals surface area (Å²) in [5.74, 6) is 0. The standard InChI is InChI=1S/C19H26N6O3S/c1-24(2)9-10-25-20-12-17(22-25)29(27,28)23-19(26)21-18-15-7-3-5-13(15)11-14-6-4-8-16(14)18/h11-12H,3-10H2,1-2H3,(H2,21,23,26). The second kappa shape index (κ2) is 7.75. The van der Waals surface area contributed by atoms with Crippen molar-refractivity contribution >= 4 is 21.7 Å². The number of hydrogen-bond donors (Lipinski definition) is 2. The van der Waals surface area contributed by atoms with Gasteiger partial charge in [-0.25, -0.2) is 9.52 Å². The van der Waals surface area contributed by atoms with Gasteiger partial charge in [-0.15, -0.1) is 5.10 Å². The van der Waals surface area contributed by atoms with Crippen LogP contribution in [0, 0.1) is 0 Å². The summed E-state index contributed by atoms with van der Waals surface area (Å²) >= 11 is 0. The predicted octanol–water partition coefficient (Wildman–Crippen LogP) is 1.33. The van der Waals surface area contributed by atoms with Gasteiger partial charge >= 0.3 is 6.03 Å². The highest BCUT2D eigenvalue weighted by Gasteiger charge is 2.27. The fourth-order valence-electron chi connectivity index (χ4n) is 4.08. The molecule has 4 rings (SSSR count). The topological polar surface area (TPSA) is 109 Å². The predicted molar refractivity (Wildman–Crippen MR) is 108 cm³/mol. The van der Waals surface area contributed by atoms with E-state index in [1.807, 2.05) is 19.0 Å². The zero-order chi connectivity index (χ0) is 20.6. The number of hydrogen-bond acceptors (Lipinski definition) is 6. The lowest BCUT2D eigenvalue weighted by Gasteiger charge is -2.16. The van der Waals surface area contributed by atoms with E-state index in [2.05, 4.69) is 26.3 Å². The molecule has 0 aliphatic heterocycles. The fraction of sp³-hybridized carbons (Fsp3) is 0.526. The lowest BCUT2D eigenvalue weighted by atomic mass is 9.99. The van der Waals surface area contributed by atoms with Crippen molar-refractivity contribution in [2.45, 2.75) is 50.1 Å². The highest BCUT2D eigenvalue weighted by atomic mass is 32.2. The smallest absolute Gasteiger partial charge is 0.307 e. The third-order valence-corrected chi connectivity index (χ3v) is 6.67. The van der Waals surface area contributed by atoms with Gasteiger partial charge in [-0.2, -0.15) is 18.3 Å². The van der Waals surface area contributed by atoms with Crippen molar-refractivity contribution in [3.05, 3.63) is 34.5 Å². The van der Waals surface area contributed by atoms with Crippen LogP contribution < -0.4 is 10.0 Å². The van der Waals surface area contributed by atoms with Crippen molar-refractivity contribution in [2.75, 3.05) is 26.0 Å². The van der Waals surface area contributed by atoms with Crippen LogP contribution in [0.5, 0.6) is 0 Å². The van der Waals surface area contributed by atoms with Crippen molar-refractivity contribution in [3.8, 4) is 0 Å². The van der Waals surface area contributed by atoms with Crippen molar-refractivity contribution in [2.24, 2.45) is 0 Å². The number of carbonyl (C=O) groups excluding carboxylic acids is 1. The first-order chi connectivity index (χ1) is 13.8. The van der Waals surface area contributed by atoms with E-state index in [-0.39, 0.29) is 5.03 Å². The Morgan fingerprint density at radius 3 is 2.41 bits per heavy atom. The molecule has 0 atom stereocenters. The van der Waals surface area contributed by atoms with Gasteiger partial charge < -0.3 is 10.2 Å². The first kappa shape index (κ1) is 19.8. The molecule has 0 fully saturated rings. The maximum Gasteiger partial charge on any atom is 0.333 e. The molecule has 9 nitrogen and oxygen atoms in total. The maximum atomic E-state index is 12.6. The van der Waals surface area contributed by atoms with Crippen molar-refractivity contribution < 1.29 is 13.2 Å². The number of urea groups is 1. The Hall–Kier alpha value is -2.46. The molecule has 2 amide bonds. The van der Waals surface area contributed by atoms with Crippen LogP contribution in [0.4, 0.5) is 10.5 Å². The van der Waals surface area contributed by atoms with E-state index in [0.29, 0.717) is 13.1 Å². The van der Waals surface area contributed by atoms with E-state index in [4.69, 9.17) is 0 Å². The molecule has 2 aromatic rings. The minimum atomic E-state index is -4.10. The summed E-state index contributed by atoms with van der Waals surface area (Å²) in [6, 6.07) is 1.50. The summed E-state index contributed by atoms with van der Waals surface area (Å²) in [4.78, 5) is 15.8. The highest BCUT2D eigenvalue weighted by Crippen LogP contribution is 2.38. The Morgan fingerprint density at radius 2 is 1.79 bits per heavy atom. The Labute approximate surface area is 170 Å². The summed E-state index contributed by atoms with van der Waals surface area (Å²) in [5, 5.41) is 10.5. The van der Waals surface area contributed by atoms with Gasteiger partial charge in [0, 0.05) is 12.2 Å². The second-order valence-electron chi connectivity index (χ2n) is 7.88. The molecular formula is C19H26N6O3S. The van der Waals surface area contributed by atoms with E-state index in [0.717, 1.165) is 61.5 Å². The molecule has 0 unspecified atom stereocenters. The van der Waals surface area contributed by atoms with Crippen LogP contribution in [-0.4, -0.2) is 55.0 Å². The highest BCUT2D eigenvalue weighted by molar-refractivity contribution is 7.90. The number of anilines is 1. The molecule has 1 aromatic carbocycles. The lowest BCUT2D eigenvalue weighted by molar-refractivity contribution is 0.256. The van der Waals surface area contributed by atoms with Crippen LogP contribution in [0.2, 0.25) is 0 Å². The Balaban J connectivity index is 1.49. The van der Waals surface area contributed by atoms with Crippen LogP contribution in [0.25, 0.3) is 0 Å². The minimum Gasteiger partial charge on any atom is -0.307 e. The summed E-state index contributed by atoms with van der Waals surface area (Å²) in [7, 11) is -0.282. The van der Waals surface area contributed by atoms with Crippen molar-refractivity contribution in [1.29, 1.82) is 0 Å². The molecule has 10 heteroatoms. The molecule has 2 aliphatic carbocycles. The quantitative estimate of drug-likeness (QED) is 0.732. The van der Waals surface area contributed by atoms with Gasteiger partial charge in [0.15, 0.2) is 0 Å². The number of amides is 2. The summed E-state index contributed by atoms with van der Waals surface area (Å²) in [6.45, 7) is 1.13. The van der Waals surface area contributed by atoms with Gasteiger partial charge in [0.2, 0.25) is 5.03 Å². The average Bonchev–Trinajstić information content (AvgIpc) is 3.39. The van der Waals surface area contributed by atoms with Gasteiger partial charge in [0.1, 0.15) is 0 Å². The monoisotopic (exact) mass is 418 g/mol. The molecule has 2 aliphatic rings. The molecule has 2 N–H and O–H groups in total. The van der Waals surface area contributed by atoms with E-state index in [1.54, 1.807) is 0 Å². The van der Waals surface area contributed by atoms with Crippen LogP contribution in [-0.2, 0) is 42.3 Å². The molecule has 0 spiro atoms. The number of sulfonamides is 1. The van der Waals surface area contributed by atoms with Gasteiger partial charge in [-0.1, -0.05) is 6.07 Å². The number of likely N-dealkylation sites (N-methyl/N-ethyl adjacent to an activating group) is 1. The number of aromatic nitrogens is 3. The molecule has 0 saturated carbocycles. The average molecular weight is 419 g/mol. The van der Waals surface area contributed by atoms with Crippen LogP contribution >= 0.6 is 0 Å². The second-order valence-corrected chi connectivity index (χ2v) is 9.50. The first-order valence-electron chi connectivity index (χ1n) is 9.88. The van der Waals surface area contributed by atoms with Crippen LogP contribution in [0.1, 0.15) is 35.1 Å². The Bertz CT molecular complexity index is 1010. The first-order valence-corrected chi connectivity index (χ1v) is 11.4. The third kappa shape index (κ3) is 4.13. The number of nitrogens with zero attached hydrogens (tertiary/aromatic N) is 4. The van der Waals surface area contributed by atoms with Gasteiger partial charge in [0.25, 0.3) is 10.0 Å². The van der Waals surface area contributed by atoms with Gasteiger partial charge in [-0.05, 0) is 74.9 Å². The lowest BCUT2D eigenvalue weighted by Crippen LogP contribution is -2.35. The SMILES string of the molecule is CN(C)CCn1ncc(S(=O)(=O)NC(=O)Nc2c3c(cc4c2CCC4)CCC3)n1. The van der Waals surface area contributed by atoms with E-state index in [1.165, 1.54) is 15.9 Å². The molecule has 29 heavy (non-hydrogen) atoms. The van der Waals surface area contributed by atoms with Crippen molar-refractivity contribution in [3.63, 3.8) is 0 Å². The normalized spacial score (nSPS) is 15.4. The molecule has 0 saturated heterocycles. The molecule has 0 bridgehead atoms. The molecule has 0 radical (unpaired) electrons. The van der Waals surface area contributed by atoms with Crippen molar-refractivity contribution in [1.82, 2.24) is 24.6 Å². The van der Waals surface area contributed by atoms with Crippen LogP contribution in [0.15, 0.2) is 17.3 Å². The van der Waals surface area contributed by atoms with Crippen LogP contribution in [0.3, 0.4) is 0 Å². The number of benzene rings is 1. The summed E-state index contributed by atoms with van der Waals surface area (Å²) in [6.07, 6.45) is 7.10. The summed E-state index contributed by atoms with van der Waals surface area (Å²) in [5.41, 5.74) is 5.63. The van der Waals surface area contributed by atoms with Gasteiger partial charge in [-0.3, -0.25) is 0 Å². The van der Waals surface area contributed by atoms with E-state index in [9.17, 15) is 13.2 Å². The Kier molecular flexibility index (Phi) is 5.30. The van der Waals surface area contributed by atoms with E-state index < -0.39 is 16.1 Å². The molecule has 1 aromatic heterocycles. The number of aryl methyl sites for hydroxylation is 2. The number of nitrogens with one attached hydrogen (secondary N) is 2. The number of fused-ring (bicyclic) bond motifs is 2. The third-order valence-electron chi connectivity index (χ3n) is 5.48. The maximum absolute atomic E-state index is 12.6. The molecular weight excluding hydrogens is 392 g/mol. The number of rotatable bonds is 6. The molecule has 1 heterocycles. The summed E-state index contributed by atoms with van der Waals surface area (Å²) < 4.78 is 27.2.